The average molecular weight is 1160 g/mol. The first-order valence-electron chi connectivity index (χ1n) is 27.8. The fourth-order valence-electron chi connectivity index (χ4n) is 13.6. The minimum absolute atomic E-state index is 0.0442. The molecule has 432 valence electrons. The first-order valence-corrected chi connectivity index (χ1v) is 31.5. The lowest BCUT2D eigenvalue weighted by Crippen LogP contribution is -2.62. The number of hydrogen-bond acceptors (Lipinski definition) is 11. The Bertz CT molecular complexity index is 3520. The van der Waals surface area contributed by atoms with Crippen molar-refractivity contribution >= 4 is 37.6 Å². The fourth-order valence-corrected chi connectivity index (χ4v) is 14.5. The molecule has 6 aromatic rings. The molecule has 4 unspecified atom stereocenters. The third kappa shape index (κ3) is 10.4. The molecule has 0 bridgehead atoms. The van der Waals surface area contributed by atoms with Gasteiger partial charge in [-0.3, -0.25) is 9.59 Å². The molecule has 0 aromatic heterocycles. The van der Waals surface area contributed by atoms with E-state index in [9.17, 15) is 27.0 Å². The molecule has 2 fully saturated rings. The van der Waals surface area contributed by atoms with Crippen molar-refractivity contribution in [3.8, 4) is 33.8 Å². The Morgan fingerprint density at radius 3 is 1.34 bits per heavy atom. The predicted molar refractivity (Wildman–Crippen MR) is 311 cm³/mol. The van der Waals surface area contributed by atoms with Crippen LogP contribution >= 0.6 is 0 Å². The zero-order valence-corrected chi connectivity index (χ0v) is 48.7. The highest BCUT2D eigenvalue weighted by atomic mass is 32.2. The van der Waals surface area contributed by atoms with E-state index in [2.05, 4.69) is 10.6 Å². The van der Waals surface area contributed by atoms with Crippen LogP contribution in [-0.4, -0.2) is 129 Å². The van der Waals surface area contributed by atoms with Crippen LogP contribution in [0, 0.1) is 37.3 Å². The lowest BCUT2D eigenvalue weighted by atomic mass is 9.70. The third-order valence-electron chi connectivity index (χ3n) is 18.1. The lowest BCUT2D eigenvalue weighted by molar-refractivity contribution is -0.00994. The highest BCUT2D eigenvalue weighted by Crippen LogP contribution is 2.57. The van der Waals surface area contributed by atoms with Crippen LogP contribution in [-0.2, 0) is 44.2 Å². The molecule has 82 heavy (non-hydrogen) atoms. The van der Waals surface area contributed by atoms with E-state index >= 15 is 23.2 Å². The second-order valence-electron chi connectivity index (χ2n) is 22.7. The van der Waals surface area contributed by atoms with Gasteiger partial charge in [0, 0.05) is 75.6 Å². The van der Waals surface area contributed by atoms with Crippen LogP contribution in [0.2, 0.25) is 0 Å². The van der Waals surface area contributed by atoms with Crippen LogP contribution < -0.4 is 10.6 Å². The van der Waals surface area contributed by atoms with Crippen molar-refractivity contribution < 1.29 is 50.2 Å². The number of benzene rings is 6. The molecule has 0 saturated carbocycles. The summed E-state index contributed by atoms with van der Waals surface area (Å²) in [6.07, 6.45) is 4.99. The maximum atomic E-state index is 17.5. The fraction of sp³-hybridized carbons (Fsp3) is 0.381. The topological polar surface area (TPSA) is 197 Å². The van der Waals surface area contributed by atoms with Crippen LogP contribution in [0.4, 0.5) is 13.6 Å². The number of nitrogens with zero attached hydrogens (tertiary/aromatic N) is 4. The zero-order chi connectivity index (χ0) is 58.6. The average Bonchev–Trinajstić information content (AvgIpc) is 3.12. The smallest absolute Gasteiger partial charge is 0.322 e. The number of nitrogens with one attached hydrogen (secondary N) is 2. The van der Waals surface area contributed by atoms with Gasteiger partial charge in [-0.15, -0.1) is 0 Å². The van der Waals surface area contributed by atoms with Gasteiger partial charge in [0.25, 0.3) is 0 Å². The van der Waals surface area contributed by atoms with Gasteiger partial charge in [-0.05, 0) is 169 Å². The van der Waals surface area contributed by atoms with Crippen molar-refractivity contribution in [3.63, 3.8) is 0 Å². The van der Waals surface area contributed by atoms with Gasteiger partial charge in [-0.1, -0.05) is 72.8 Å². The van der Waals surface area contributed by atoms with Crippen molar-refractivity contribution in [2.75, 3.05) is 65.9 Å². The monoisotopic (exact) mass is 1160 g/mol. The molecule has 15 nitrogen and oxygen atoms in total. The molecule has 2 saturated heterocycles. The maximum Gasteiger partial charge on any atom is 0.322 e. The van der Waals surface area contributed by atoms with Crippen LogP contribution in [0.5, 0.6) is 11.5 Å². The molecule has 4 aliphatic rings. The van der Waals surface area contributed by atoms with E-state index in [-0.39, 0.29) is 95.7 Å². The van der Waals surface area contributed by atoms with E-state index < -0.39 is 60.4 Å². The molecule has 0 spiro atoms. The summed E-state index contributed by atoms with van der Waals surface area (Å²) in [5.41, 5.74) is 2.50. The highest BCUT2D eigenvalue weighted by molar-refractivity contribution is 7.88. The lowest BCUT2D eigenvalue weighted by Gasteiger charge is -2.52. The van der Waals surface area contributed by atoms with Crippen molar-refractivity contribution in [2.24, 2.45) is 11.8 Å². The third-order valence-corrected chi connectivity index (χ3v) is 20.7. The normalized spacial score (nSPS) is 21.0. The molecule has 4 N–H and O–H groups in total. The van der Waals surface area contributed by atoms with Crippen molar-refractivity contribution in [1.29, 1.82) is 0 Å². The van der Waals surface area contributed by atoms with Crippen LogP contribution in [0.15, 0.2) is 109 Å². The maximum absolute atomic E-state index is 17.5. The Hall–Kier alpha value is -6.87. The standard InChI is InChI=1S/C63H70F2N6O9S2/c1-39-47(19-9-21-55(39)64)57-49(59(74)41-13-7-17-45(72)33-41)23-25-53-51(57)37-70(62(53,43-15-11-29-66-35-43)27-31-68(3)81(5,77)78)61(76)71-38-52-54(63(71,44-16-12-30-67-36-44)28-32-69(4)82(6,79)80)26-24-50(60(75)42-14-8-18-46(73)34-42)58(52)48-20-10-22-56(65)40(48)2/h7-10,13-14,17-26,33-34,43-44,66-67,72-73H,11-12,15-16,27-32,35-38H2,1-6H3. The van der Waals surface area contributed by atoms with E-state index in [1.54, 1.807) is 74.5 Å². The Morgan fingerprint density at radius 2 is 0.988 bits per heavy atom. The van der Waals surface area contributed by atoms with Gasteiger partial charge >= 0.3 is 6.03 Å². The van der Waals surface area contributed by atoms with E-state index in [1.807, 2.05) is 21.9 Å². The number of piperidine rings is 2. The molecular weight excluding hydrogens is 1090 g/mol. The second kappa shape index (κ2) is 22.7. The molecule has 0 aliphatic carbocycles. The van der Waals surface area contributed by atoms with E-state index in [1.165, 1.54) is 59.1 Å². The summed E-state index contributed by atoms with van der Waals surface area (Å²) >= 11 is 0. The molecule has 4 atom stereocenters. The van der Waals surface area contributed by atoms with Gasteiger partial charge in [0.15, 0.2) is 11.6 Å². The quantitative estimate of drug-likeness (QED) is 0.0675. The number of amides is 2. The van der Waals surface area contributed by atoms with Crippen LogP contribution in [0.25, 0.3) is 22.3 Å². The summed E-state index contributed by atoms with van der Waals surface area (Å²) in [5.74, 6) is -3.01. The highest BCUT2D eigenvalue weighted by Gasteiger charge is 2.60. The SMILES string of the molecule is Cc1c(F)cccc1-c1c(C(=O)c2cccc(O)c2)ccc2c1CN(C(=O)N1Cc3c(ccc(C(=O)c4cccc(O)c4)c3-c3cccc(F)c3C)C1(CCN(C)S(C)(=O)=O)C1CCCNC1)C2(CCN(C)S(C)(=O)=O)C1CCCNC1. The molecule has 4 aliphatic heterocycles. The Balaban J connectivity index is 1.28. The van der Waals surface area contributed by atoms with E-state index in [4.69, 9.17) is 0 Å². The summed E-state index contributed by atoms with van der Waals surface area (Å²) < 4.78 is 88.6. The number of aromatic hydroxyl groups is 2. The van der Waals surface area contributed by atoms with Gasteiger partial charge in [0.05, 0.1) is 23.6 Å². The van der Waals surface area contributed by atoms with Gasteiger partial charge in [0.1, 0.15) is 23.1 Å². The Kier molecular flexibility index (Phi) is 16.2. The first kappa shape index (κ1) is 58.3. The summed E-state index contributed by atoms with van der Waals surface area (Å²) in [5, 5.41) is 28.4. The van der Waals surface area contributed by atoms with Gasteiger partial charge < -0.3 is 30.6 Å². The van der Waals surface area contributed by atoms with Gasteiger partial charge in [0.2, 0.25) is 20.0 Å². The number of ketones is 2. The van der Waals surface area contributed by atoms with Crippen molar-refractivity contribution in [3.05, 3.63) is 176 Å². The zero-order valence-electron chi connectivity index (χ0n) is 47.1. The summed E-state index contributed by atoms with van der Waals surface area (Å²) in [4.78, 5) is 51.3. The molecule has 6 aromatic carbocycles. The van der Waals surface area contributed by atoms with Crippen LogP contribution in [0.1, 0.15) is 104 Å². The second-order valence-corrected chi connectivity index (χ2v) is 26.8. The predicted octanol–water partition coefficient (Wildman–Crippen LogP) is 9.19. The number of carbonyl (C=O) groups excluding carboxylic acids is 3. The number of carbonyl (C=O) groups is 3. The molecule has 4 heterocycles. The number of sulfonamides is 2. The molecule has 19 heteroatoms. The number of phenols is 2. The minimum Gasteiger partial charge on any atom is -0.508 e. The van der Waals surface area contributed by atoms with E-state index in [0.29, 0.717) is 96.4 Å². The number of phenolic OH excluding ortho intramolecular Hbond substituents is 2. The van der Waals surface area contributed by atoms with Crippen LogP contribution in [0.3, 0.4) is 0 Å². The number of rotatable bonds is 16. The summed E-state index contributed by atoms with van der Waals surface area (Å²) in [6.45, 7) is 5.05. The number of urea groups is 1. The Labute approximate surface area is 479 Å². The minimum atomic E-state index is -3.80. The summed E-state index contributed by atoms with van der Waals surface area (Å²) in [7, 11) is -4.61. The Morgan fingerprint density at radius 1 is 0.598 bits per heavy atom. The molecule has 2 amide bonds. The van der Waals surface area contributed by atoms with Crippen molar-refractivity contribution in [2.45, 2.75) is 76.5 Å². The number of hydrogen-bond donors (Lipinski definition) is 4. The first-order chi connectivity index (χ1) is 39.0. The van der Waals surface area contributed by atoms with E-state index in [0.717, 1.165) is 12.5 Å². The molecule has 10 rings (SSSR count). The molecule has 0 radical (unpaired) electrons. The van der Waals surface area contributed by atoms with Gasteiger partial charge in [-0.2, -0.15) is 0 Å². The number of fused-ring (bicyclic) bond motifs is 2. The molecular formula is C63H70F2N6O9S2. The summed E-state index contributed by atoms with van der Waals surface area (Å²) in [6, 6.07) is 27.8. The van der Waals surface area contributed by atoms with Gasteiger partial charge in [-0.25, -0.2) is 39.0 Å². The largest absolute Gasteiger partial charge is 0.508 e. The van der Waals surface area contributed by atoms with Crippen molar-refractivity contribution in [1.82, 2.24) is 29.0 Å². The number of halogens is 2.